The SMILES string of the molecule is CCCn1c(CC)c(N)c(=O)n1-c1ccc(Br)cc1C. The van der Waals surface area contributed by atoms with Crippen molar-refractivity contribution in [1.29, 1.82) is 0 Å². The quantitative estimate of drug-likeness (QED) is 0.930. The highest BCUT2D eigenvalue weighted by atomic mass is 79.9. The van der Waals surface area contributed by atoms with Crippen LogP contribution >= 0.6 is 15.9 Å². The minimum absolute atomic E-state index is 0.124. The standard InChI is InChI=1S/C15H20BrN3O/c1-4-8-18-12(5-2)14(17)15(20)19(18)13-7-6-11(16)9-10(13)3/h6-7,9H,4-5,8,17H2,1-3H3. The van der Waals surface area contributed by atoms with Crippen molar-refractivity contribution < 1.29 is 0 Å². The lowest BCUT2D eigenvalue weighted by Crippen LogP contribution is -2.23. The van der Waals surface area contributed by atoms with Gasteiger partial charge in [0.1, 0.15) is 5.69 Å². The fourth-order valence-electron chi connectivity index (χ4n) is 2.52. The van der Waals surface area contributed by atoms with E-state index in [1.165, 1.54) is 0 Å². The average Bonchev–Trinajstić information content (AvgIpc) is 2.63. The van der Waals surface area contributed by atoms with Gasteiger partial charge in [-0.1, -0.05) is 29.8 Å². The molecule has 0 saturated heterocycles. The largest absolute Gasteiger partial charge is 0.393 e. The number of nitrogens with two attached hydrogens (primary N) is 1. The Morgan fingerprint density at radius 2 is 2.00 bits per heavy atom. The van der Waals surface area contributed by atoms with Crippen LogP contribution in [-0.2, 0) is 13.0 Å². The van der Waals surface area contributed by atoms with E-state index in [1.807, 2.05) is 36.7 Å². The van der Waals surface area contributed by atoms with E-state index in [-0.39, 0.29) is 5.56 Å². The van der Waals surface area contributed by atoms with Gasteiger partial charge in [0.25, 0.3) is 5.56 Å². The molecular weight excluding hydrogens is 318 g/mol. The first-order valence-electron chi connectivity index (χ1n) is 6.87. The normalized spacial score (nSPS) is 11.0. The number of anilines is 1. The molecular formula is C15H20BrN3O. The molecule has 4 nitrogen and oxygen atoms in total. The highest BCUT2D eigenvalue weighted by Gasteiger charge is 2.18. The molecule has 108 valence electrons. The van der Waals surface area contributed by atoms with Crippen molar-refractivity contribution >= 4 is 21.6 Å². The van der Waals surface area contributed by atoms with Gasteiger partial charge in [-0.05, 0) is 43.5 Å². The van der Waals surface area contributed by atoms with Crippen LogP contribution in [-0.4, -0.2) is 9.36 Å². The molecule has 0 spiro atoms. The van der Waals surface area contributed by atoms with Gasteiger partial charge in [0.2, 0.25) is 0 Å². The lowest BCUT2D eigenvalue weighted by atomic mass is 10.2. The van der Waals surface area contributed by atoms with Gasteiger partial charge < -0.3 is 5.73 Å². The second-order valence-electron chi connectivity index (χ2n) is 4.88. The van der Waals surface area contributed by atoms with Gasteiger partial charge in [0.15, 0.2) is 0 Å². The van der Waals surface area contributed by atoms with Crippen LogP contribution in [0.25, 0.3) is 5.69 Å². The Bertz CT molecular complexity index is 685. The van der Waals surface area contributed by atoms with Crippen LogP contribution in [0.5, 0.6) is 0 Å². The molecule has 0 aliphatic heterocycles. The summed E-state index contributed by atoms with van der Waals surface area (Å²) in [6, 6.07) is 5.90. The number of benzene rings is 1. The van der Waals surface area contributed by atoms with Crippen molar-refractivity contribution in [1.82, 2.24) is 9.36 Å². The first-order valence-corrected chi connectivity index (χ1v) is 7.67. The summed E-state index contributed by atoms with van der Waals surface area (Å²) in [6.45, 7) is 6.90. The van der Waals surface area contributed by atoms with E-state index >= 15 is 0 Å². The van der Waals surface area contributed by atoms with Crippen molar-refractivity contribution in [2.24, 2.45) is 0 Å². The van der Waals surface area contributed by atoms with Gasteiger partial charge in [-0.3, -0.25) is 9.48 Å². The molecule has 5 heteroatoms. The smallest absolute Gasteiger partial charge is 0.294 e. The van der Waals surface area contributed by atoms with E-state index in [0.717, 1.165) is 40.8 Å². The number of hydrogen-bond acceptors (Lipinski definition) is 2. The summed E-state index contributed by atoms with van der Waals surface area (Å²) in [5.74, 6) is 0. The molecule has 2 N–H and O–H groups in total. The molecule has 0 bridgehead atoms. The van der Waals surface area contributed by atoms with Gasteiger partial charge in [-0.2, -0.15) is 0 Å². The van der Waals surface area contributed by atoms with Crippen molar-refractivity contribution in [3.8, 4) is 5.69 Å². The zero-order valence-corrected chi connectivity index (χ0v) is 13.7. The Balaban J connectivity index is 2.75. The van der Waals surface area contributed by atoms with Crippen molar-refractivity contribution in [2.75, 3.05) is 5.73 Å². The predicted molar refractivity (Wildman–Crippen MR) is 86.5 cm³/mol. The monoisotopic (exact) mass is 337 g/mol. The van der Waals surface area contributed by atoms with Crippen LogP contribution in [0.3, 0.4) is 0 Å². The number of nitrogen functional groups attached to an aromatic ring is 1. The summed E-state index contributed by atoms with van der Waals surface area (Å²) < 4.78 is 4.72. The van der Waals surface area contributed by atoms with Crippen molar-refractivity contribution in [3.05, 3.63) is 44.3 Å². The van der Waals surface area contributed by atoms with Crippen LogP contribution in [0, 0.1) is 6.92 Å². The van der Waals surface area contributed by atoms with Gasteiger partial charge >= 0.3 is 0 Å². The Labute approximate surface area is 127 Å². The second kappa shape index (κ2) is 5.87. The minimum Gasteiger partial charge on any atom is -0.393 e. The molecule has 0 radical (unpaired) electrons. The Morgan fingerprint density at radius 1 is 1.30 bits per heavy atom. The molecule has 2 aromatic rings. The van der Waals surface area contributed by atoms with Crippen molar-refractivity contribution in [3.63, 3.8) is 0 Å². The Hall–Kier alpha value is -1.49. The maximum atomic E-state index is 12.5. The molecule has 1 aromatic carbocycles. The van der Waals surface area contributed by atoms with Crippen LogP contribution in [0.15, 0.2) is 27.5 Å². The van der Waals surface area contributed by atoms with Crippen LogP contribution in [0.4, 0.5) is 5.69 Å². The van der Waals surface area contributed by atoms with Gasteiger partial charge in [0, 0.05) is 11.0 Å². The molecule has 1 aromatic heterocycles. The first kappa shape index (κ1) is 14.9. The topological polar surface area (TPSA) is 52.9 Å². The van der Waals surface area contributed by atoms with E-state index < -0.39 is 0 Å². The molecule has 20 heavy (non-hydrogen) atoms. The summed E-state index contributed by atoms with van der Waals surface area (Å²) in [4.78, 5) is 12.5. The fraction of sp³-hybridized carbons (Fsp3) is 0.400. The van der Waals surface area contributed by atoms with E-state index in [2.05, 4.69) is 22.9 Å². The van der Waals surface area contributed by atoms with Crippen molar-refractivity contribution in [2.45, 2.75) is 40.2 Å². The summed E-state index contributed by atoms with van der Waals surface area (Å²) in [6.07, 6.45) is 1.71. The zero-order chi connectivity index (χ0) is 14.9. The summed E-state index contributed by atoms with van der Waals surface area (Å²) in [5, 5.41) is 0. The number of nitrogens with zero attached hydrogens (tertiary/aromatic N) is 2. The van der Waals surface area contributed by atoms with Crippen LogP contribution < -0.4 is 11.3 Å². The fourth-order valence-corrected chi connectivity index (χ4v) is 3.00. The summed E-state index contributed by atoms with van der Waals surface area (Å²) >= 11 is 3.45. The highest BCUT2D eigenvalue weighted by molar-refractivity contribution is 9.10. The number of halogens is 1. The Kier molecular flexibility index (Phi) is 4.38. The van der Waals surface area contributed by atoms with Gasteiger partial charge in [-0.25, -0.2) is 4.68 Å². The molecule has 0 aliphatic carbocycles. The lowest BCUT2D eigenvalue weighted by Gasteiger charge is -2.15. The molecule has 0 aliphatic rings. The third kappa shape index (κ3) is 2.42. The lowest BCUT2D eigenvalue weighted by molar-refractivity contribution is 0.515. The average molecular weight is 338 g/mol. The first-order chi connectivity index (χ1) is 9.51. The van der Waals surface area contributed by atoms with Crippen LogP contribution in [0.2, 0.25) is 0 Å². The van der Waals surface area contributed by atoms with E-state index in [1.54, 1.807) is 4.68 Å². The highest BCUT2D eigenvalue weighted by Crippen LogP contribution is 2.21. The summed E-state index contributed by atoms with van der Waals surface area (Å²) in [5.41, 5.74) is 9.08. The van der Waals surface area contributed by atoms with E-state index in [9.17, 15) is 4.79 Å². The second-order valence-corrected chi connectivity index (χ2v) is 5.80. The number of hydrogen-bond donors (Lipinski definition) is 1. The minimum atomic E-state index is -0.124. The van der Waals surface area contributed by atoms with E-state index in [4.69, 9.17) is 5.73 Å². The predicted octanol–water partition coefficient (Wildman–Crippen LogP) is 3.26. The molecule has 0 saturated carbocycles. The third-order valence-corrected chi connectivity index (χ3v) is 3.94. The molecule has 0 atom stereocenters. The number of aryl methyl sites for hydroxylation is 1. The molecule has 2 rings (SSSR count). The number of aromatic nitrogens is 2. The molecule has 0 unspecified atom stereocenters. The third-order valence-electron chi connectivity index (χ3n) is 3.44. The Morgan fingerprint density at radius 3 is 2.55 bits per heavy atom. The maximum absolute atomic E-state index is 12.5. The molecule has 1 heterocycles. The summed E-state index contributed by atoms with van der Waals surface area (Å²) in [7, 11) is 0. The molecule has 0 fully saturated rings. The van der Waals surface area contributed by atoms with Gasteiger partial charge in [0.05, 0.1) is 11.4 Å². The zero-order valence-electron chi connectivity index (χ0n) is 12.1. The van der Waals surface area contributed by atoms with Crippen LogP contribution in [0.1, 0.15) is 31.5 Å². The van der Waals surface area contributed by atoms with E-state index in [0.29, 0.717) is 5.69 Å². The number of rotatable bonds is 4. The maximum Gasteiger partial charge on any atom is 0.294 e. The molecule has 0 amide bonds. The van der Waals surface area contributed by atoms with Gasteiger partial charge in [-0.15, -0.1) is 0 Å².